The van der Waals surface area contributed by atoms with Crippen LogP contribution < -0.4 is 15.4 Å². The van der Waals surface area contributed by atoms with Crippen molar-refractivity contribution in [3.8, 4) is 11.6 Å². The molecule has 0 radical (unpaired) electrons. The summed E-state index contributed by atoms with van der Waals surface area (Å²) in [6, 6.07) is 10.5. The minimum Gasteiger partial charge on any atom is -0.504 e. The fourth-order valence-electron chi connectivity index (χ4n) is 3.21. The maximum Gasteiger partial charge on any atom is 0.273 e. The van der Waals surface area contributed by atoms with Crippen molar-refractivity contribution in [2.45, 2.75) is 13.8 Å². The number of aryl methyl sites for hydroxylation is 3. The standard InChI is InChI=1S/C23H23N7O4/c1-14-5-6-16(12-17(14)24-23(32)18-11-15(2)27-29(18)3)34-22-8-7-20-25-19(13-30(20)28-22)26-21(31)9-10-33-4/h5-13H,1-4H3,(H,24,32)(H,26,31). The molecule has 34 heavy (non-hydrogen) atoms. The largest absolute Gasteiger partial charge is 0.504 e. The first-order chi connectivity index (χ1) is 16.3. The molecule has 4 rings (SSSR count). The highest BCUT2D eigenvalue weighted by molar-refractivity contribution is 6.03. The molecule has 2 amide bonds. The van der Waals surface area contributed by atoms with Crippen LogP contribution in [0.4, 0.5) is 11.5 Å². The van der Waals surface area contributed by atoms with E-state index in [4.69, 9.17) is 9.47 Å². The lowest BCUT2D eigenvalue weighted by molar-refractivity contribution is -0.112. The quantitative estimate of drug-likeness (QED) is 0.320. The molecular formula is C23H23N7O4. The number of carbonyl (C=O) groups is 2. The molecule has 0 aliphatic carbocycles. The third kappa shape index (κ3) is 5.04. The number of hydrogen-bond donors (Lipinski definition) is 2. The number of rotatable bonds is 7. The highest BCUT2D eigenvalue weighted by Gasteiger charge is 2.14. The number of carbonyl (C=O) groups excluding carboxylic acids is 2. The number of nitrogens with one attached hydrogen (secondary N) is 2. The van der Waals surface area contributed by atoms with Crippen LogP contribution >= 0.6 is 0 Å². The topological polar surface area (TPSA) is 125 Å². The second-order valence-corrected chi connectivity index (χ2v) is 7.46. The Bertz CT molecular complexity index is 1400. The van der Waals surface area contributed by atoms with E-state index in [0.29, 0.717) is 34.5 Å². The van der Waals surface area contributed by atoms with E-state index in [9.17, 15) is 9.59 Å². The maximum absolute atomic E-state index is 12.7. The van der Waals surface area contributed by atoms with Gasteiger partial charge in [0.15, 0.2) is 11.5 Å². The number of amides is 2. The van der Waals surface area contributed by atoms with Gasteiger partial charge in [-0.2, -0.15) is 5.10 Å². The number of nitrogens with zero attached hydrogens (tertiary/aromatic N) is 5. The molecule has 3 aromatic heterocycles. The number of anilines is 2. The summed E-state index contributed by atoms with van der Waals surface area (Å²) >= 11 is 0. The average molecular weight is 461 g/mol. The first-order valence-corrected chi connectivity index (χ1v) is 10.3. The Balaban J connectivity index is 1.50. The van der Waals surface area contributed by atoms with Gasteiger partial charge >= 0.3 is 0 Å². The van der Waals surface area contributed by atoms with E-state index < -0.39 is 0 Å². The third-order valence-corrected chi connectivity index (χ3v) is 4.82. The normalized spacial score (nSPS) is 11.1. The predicted octanol–water partition coefficient (Wildman–Crippen LogP) is 3.22. The van der Waals surface area contributed by atoms with Gasteiger partial charge < -0.3 is 20.1 Å². The summed E-state index contributed by atoms with van der Waals surface area (Å²) in [4.78, 5) is 28.8. The fourth-order valence-corrected chi connectivity index (χ4v) is 3.21. The van der Waals surface area contributed by atoms with Gasteiger partial charge in [-0.25, -0.2) is 9.50 Å². The van der Waals surface area contributed by atoms with Crippen molar-refractivity contribution in [2.24, 2.45) is 7.05 Å². The second-order valence-electron chi connectivity index (χ2n) is 7.46. The van der Waals surface area contributed by atoms with Gasteiger partial charge in [0.05, 0.1) is 25.3 Å². The van der Waals surface area contributed by atoms with Crippen molar-refractivity contribution < 1.29 is 19.1 Å². The monoisotopic (exact) mass is 461 g/mol. The van der Waals surface area contributed by atoms with Gasteiger partial charge in [0.2, 0.25) is 5.88 Å². The van der Waals surface area contributed by atoms with Crippen LogP contribution in [-0.2, 0) is 16.6 Å². The van der Waals surface area contributed by atoms with Crippen LogP contribution in [0.1, 0.15) is 21.7 Å². The van der Waals surface area contributed by atoms with E-state index >= 15 is 0 Å². The fraction of sp³-hybridized carbons (Fsp3) is 0.174. The number of ether oxygens (including phenoxy) is 2. The number of benzene rings is 1. The highest BCUT2D eigenvalue weighted by atomic mass is 16.5. The zero-order valence-electron chi connectivity index (χ0n) is 19.1. The van der Waals surface area contributed by atoms with E-state index in [1.807, 2.05) is 19.9 Å². The molecule has 4 aromatic rings. The molecule has 0 spiro atoms. The molecule has 0 atom stereocenters. The van der Waals surface area contributed by atoms with Gasteiger partial charge in [-0.1, -0.05) is 6.07 Å². The van der Waals surface area contributed by atoms with Gasteiger partial charge in [0, 0.05) is 30.9 Å². The van der Waals surface area contributed by atoms with Crippen LogP contribution in [0.25, 0.3) is 5.65 Å². The minimum atomic E-state index is -0.378. The Kier molecular flexibility index (Phi) is 6.26. The first-order valence-electron chi connectivity index (χ1n) is 10.3. The van der Waals surface area contributed by atoms with Gasteiger partial charge in [0.1, 0.15) is 11.4 Å². The smallest absolute Gasteiger partial charge is 0.273 e. The zero-order chi connectivity index (χ0) is 24.2. The number of imidazole rings is 1. The Hall–Kier alpha value is -4.67. The van der Waals surface area contributed by atoms with Crippen LogP contribution in [0.15, 0.2) is 54.9 Å². The summed E-state index contributed by atoms with van der Waals surface area (Å²) in [6.07, 6.45) is 4.08. The van der Waals surface area contributed by atoms with Gasteiger partial charge in [0.25, 0.3) is 11.8 Å². The Labute approximate surface area is 195 Å². The van der Waals surface area contributed by atoms with Crippen molar-refractivity contribution in [3.63, 3.8) is 0 Å². The van der Waals surface area contributed by atoms with Crippen LogP contribution in [0.2, 0.25) is 0 Å². The molecule has 0 saturated heterocycles. The number of methoxy groups -OCH3 is 1. The average Bonchev–Trinajstić information content (AvgIpc) is 3.35. The van der Waals surface area contributed by atoms with Crippen LogP contribution in [0, 0.1) is 13.8 Å². The molecule has 2 N–H and O–H groups in total. The molecule has 11 nitrogen and oxygen atoms in total. The summed E-state index contributed by atoms with van der Waals surface area (Å²) < 4.78 is 13.7. The van der Waals surface area contributed by atoms with Gasteiger partial charge in [-0.15, -0.1) is 5.10 Å². The zero-order valence-corrected chi connectivity index (χ0v) is 19.1. The lowest BCUT2D eigenvalue weighted by Crippen LogP contribution is -2.16. The van der Waals surface area contributed by atoms with E-state index in [-0.39, 0.29) is 11.8 Å². The maximum atomic E-state index is 12.7. The van der Waals surface area contributed by atoms with Crippen LogP contribution in [-0.4, -0.2) is 43.3 Å². The molecule has 0 unspecified atom stereocenters. The molecule has 0 bridgehead atoms. The number of aromatic nitrogens is 5. The lowest BCUT2D eigenvalue weighted by Gasteiger charge is -2.11. The highest BCUT2D eigenvalue weighted by Crippen LogP contribution is 2.26. The Morgan fingerprint density at radius 3 is 2.62 bits per heavy atom. The van der Waals surface area contributed by atoms with Gasteiger partial charge in [-0.05, 0) is 37.6 Å². The summed E-state index contributed by atoms with van der Waals surface area (Å²) in [7, 11) is 3.17. The van der Waals surface area contributed by atoms with E-state index in [0.717, 1.165) is 11.3 Å². The SMILES string of the molecule is COC=CC(=O)Nc1cn2nc(Oc3ccc(C)c(NC(=O)c4cc(C)nn4C)c3)ccc2n1. The lowest BCUT2D eigenvalue weighted by atomic mass is 10.2. The minimum absolute atomic E-state index is 0.267. The molecular weight excluding hydrogens is 438 g/mol. The van der Waals surface area contributed by atoms with E-state index in [1.165, 1.54) is 28.6 Å². The summed E-state index contributed by atoms with van der Waals surface area (Å²) in [6.45, 7) is 3.72. The van der Waals surface area contributed by atoms with Crippen molar-refractivity contribution in [2.75, 3.05) is 17.7 Å². The van der Waals surface area contributed by atoms with Crippen molar-refractivity contribution >= 4 is 29.0 Å². The molecule has 11 heteroatoms. The van der Waals surface area contributed by atoms with Crippen molar-refractivity contribution in [3.05, 3.63) is 71.9 Å². The van der Waals surface area contributed by atoms with E-state index in [1.54, 1.807) is 43.6 Å². The number of hydrogen-bond acceptors (Lipinski definition) is 7. The van der Waals surface area contributed by atoms with Crippen LogP contribution in [0.5, 0.6) is 11.6 Å². The second kappa shape index (κ2) is 9.45. The molecule has 3 heterocycles. The number of fused-ring (bicyclic) bond motifs is 1. The molecule has 0 fully saturated rings. The summed E-state index contributed by atoms with van der Waals surface area (Å²) in [5, 5.41) is 14.1. The summed E-state index contributed by atoms with van der Waals surface area (Å²) in [5.41, 5.74) is 3.23. The molecule has 0 aliphatic heterocycles. The molecule has 0 aliphatic rings. The van der Waals surface area contributed by atoms with Gasteiger partial charge in [-0.3, -0.25) is 14.3 Å². The van der Waals surface area contributed by atoms with Crippen molar-refractivity contribution in [1.82, 2.24) is 24.4 Å². The van der Waals surface area contributed by atoms with Crippen LogP contribution in [0.3, 0.4) is 0 Å². The molecule has 1 aromatic carbocycles. The van der Waals surface area contributed by atoms with Crippen molar-refractivity contribution in [1.29, 1.82) is 0 Å². The summed E-state index contributed by atoms with van der Waals surface area (Å²) in [5.74, 6) is 0.493. The Morgan fingerprint density at radius 1 is 1.06 bits per heavy atom. The molecule has 174 valence electrons. The molecule has 0 saturated carbocycles. The third-order valence-electron chi connectivity index (χ3n) is 4.82. The predicted molar refractivity (Wildman–Crippen MR) is 125 cm³/mol. The first kappa shape index (κ1) is 22.5. The Morgan fingerprint density at radius 2 is 1.88 bits per heavy atom. The van der Waals surface area contributed by atoms with E-state index in [2.05, 4.69) is 25.8 Å².